The summed E-state index contributed by atoms with van der Waals surface area (Å²) in [4.78, 5) is 0. The number of ether oxygens (including phenoxy) is 1. The third-order valence-corrected chi connectivity index (χ3v) is 2.87. The van der Waals surface area contributed by atoms with Gasteiger partial charge in [-0.3, -0.25) is 0 Å². The Morgan fingerprint density at radius 2 is 2.20 bits per heavy atom. The molecule has 1 saturated carbocycles. The molecule has 3 atom stereocenters. The number of methoxy groups -OCH3 is 1. The summed E-state index contributed by atoms with van der Waals surface area (Å²) in [5.74, 6) is 1.00. The highest BCUT2D eigenvalue weighted by Crippen LogP contribution is 2.46. The Morgan fingerprint density at radius 1 is 1.53 bits per heavy atom. The Kier molecular flexibility index (Phi) is 4.04. The highest BCUT2D eigenvalue weighted by Gasteiger charge is 2.57. The highest BCUT2D eigenvalue weighted by atomic mass is 16.5. The maximum absolute atomic E-state index is 5.19. The van der Waals surface area contributed by atoms with E-state index in [0.717, 1.165) is 12.2 Å². The molecule has 0 heterocycles. The summed E-state index contributed by atoms with van der Waals surface area (Å²) in [6, 6.07) is 0.465. The first-order valence-corrected chi connectivity index (χ1v) is 5.13. The van der Waals surface area contributed by atoms with Gasteiger partial charge in [0.2, 0.25) is 0 Å². The molecule has 2 nitrogen and oxygen atoms in total. The lowest BCUT2D eigenvalue weighted by molar-refractivity contribution is -0.509. The molecule has 1 rings (SSSR count). The van der Waals surface area contributed by atoms with Crippen LogP contribution in [0.15, 0.2) is 37.0 Å². The average molecular weight is 206 g/mol. The molecule has 0 saturated heterocycles. The molecule has 0 N–H and O–H groups in total. The van der Waals surface area contributed by atoms with Crippen LogP contribution in [0.3, 0.4) is 0 Å². The molecule has 0 aromatic heterocycles. The van der Waals surface area contributed by atoms with Crippen LogP contribution in [0.5, 0.6) is 0 Å². The van der Waals surface area contributed by atoms with Crippen LogP contribution in [0, 0.1) is 11.8 Å². The van der Waals surface area contributed by atoms with E-state index < -0.39 is 0 Å². The van der Waals surface area contributed by atoms with Gasteiger partial charge in [0, 0.05) is 7.11 Å². The van der Waals surface area contributed by atoms with Gasteiger partial charge in [-0.2, -0.15) is 0 Å². The molecule has 1 aliphatic carbocycles. The molecule has 0 aliphatic heterocycles. The first kappa shape index (κ1) is 11.9. The van der Waals surface area contributed by atoms with E-state index in [2.05, 4.69) is 19.9 Å². The predicted molar refractivity (Wildman–Crippen MR) is 64.4 cm³/mol. The van der Waals surface area contributed by atoms with Crippen molar-refractivity contribution in [2.45, 2.75) is 6.04 Å². The first-order valence-electron chi connectivity index (χ1n) is 5.13. The molecular weight excluding hydrogens is 186 g/mol. The van der Waals surface area contributed by atoms with Crippen LogP contribution in [0.2, 0.25) is 0 Å². The van der Waals surface area contributed by atoms with E-state index in [1.807, 2.05) is 23.8 Å². The molecule has 0 aromatic rings. The van der Waals surface area contributed by atoms with Gasteiger partial charge >= 0.3 is 0 Å². The molecule has 1 fully saturated rings. The van der Waals surface area contributed by atoms with Crippen LogP contribution in [0.1, 0.15) is 0 Å². The molecule has 3 unspecified atom stereocenters. The largest absolute Gasteiger partial charge is 0.384 e. The van der Waals surface area contributed by atoms with E-state index in [-0.39, 0.29) is 0 Å². The topological polar surface area (TPSA) is 12.2 Å². The Balaban J connectivity index is 2.62. The van der Waals surface area contributed by atoms with Crippen LogP contribution < -0.4 is 0 Å². The molecule has 15 heavy (non-hydrogen) atoms. The zero-order chi connectivity index (χ0) is 11.4. The fourth-order valence-electron chi connectivity index (χ4n) is 2.15. The van der Waals surface area contributed by atoms with Crippen molar-refractivity contribution < 1.29 is 9.31 Å². The number of allylic oxidation sites excluding steroid dienone is 3. The second-order valence-corrected chi connectivity index (χ2v) is 4.06. The zero-order valence-electron chi connectivity index (χ0n) is 9.65. The maximum atomic E-state index is 5.19. The van der Waals surface area contributed by atoms with Gasteiger partial charge in [-0.1, -0.05) is 31.4 Å². The normalized spacial score (nSPS) is 29.1. The number of hydrogen-bond donors (Lipinski definition) is 0. The monoisotopic (exact) mass is 206 g/mol. The Hall–Kier alpha value is -1.15. The van der Waals surface area contributed by atoms with Crippen molar-refractivity contribution in [3.05, 3.63) is 37.0 Å². The van der Waals surface area contributed by atoms with Crippen molar-refractivity contribution in [1.29, 1.82) is 0 Å². The van der Waals surface area contributed by atoms with Crippen LogP contribution in [0.25, 0.3) is 0 Å². The summed E-state index contributed by atoms with van der Waals surface area (Å²) in [6.07, 6.45) is 5.70. The molecule has 0 bridgehead atoms. The van der Waals surface area contributed by atoms with Crippen molar-refractivity contribution in [2.75, 3.05) is 20.8 Å². The predicted octanol–water partition coefficient (Wildman–Crippen LogP) is 1.89. The van der Waals surface area contributed by atoms with E-state index in [1.165, 1.54) is 0 Å². The lowest BCUT2D eigenvalue weighted by Gasteiger charge is -1.95. The molecular formula is C13H20NO+. The zero-order valence-corrected chi connectivity index (χ0v) is 9.65. The van der Waals surface area contributed by atoms with Gasteiger partial charge in [-0.25, -0.2) is 4.58 Å². The molecule has 0 spiro atoms. The summed E-state index contributed by atoms with van der Waals surface area (Å²) in [5.41, 5.74) is 1.14. The molecule has 0 amide bonds. The SMILES string of the molecule is C=C/C=C\C(=C)C1C(COC)C1[N+](=C)C. The Morgan fingerprint density at radius 3 is 2.67 bits per heavy atom. The van der Waals surface area contributed by atoms with Gasteiger partial charge in [0.05, 0.1) is 18.4 Å². The van der Waals surface area contributed by atoms with E-state index >= 15 is 0 Å². The van der Waals surface area contributed by atoms with Crippen molar-refractivity contribution in [1.82, 2.24) is 0 Å². The lowest BCUT2D eigenvalue weighted by Crippen LogP contribution is -2.10. The van der Waals surface area contributed by atoms with Crippen LogP contribution in [-0.2, 0) is 4.74 Å². The number of hydrogen-bond acceptors (Lipinski definition) is 1. The first-order chi connectivity index (χ1) is 7.13. The highest BCUT2D eigenvalue weighted by molar-refractivity contribution is 5.30. The second kappa shape index (κ2) is 5.08. The van der Waals surface area contributed by atoms with Gasteiger partial charge in [-0.05, 0) is 5.57 Å². The van der Waals surface area contributed by atoms with Crippen molar-refractivity contribution in [3.8, 4) is 0 Å². The summed E-state index contributed by atoms with van der Waals surface area (Å²) < 4.78 is 7.19. The van der Waals surface area contributed by atoms with Crippen LogP contribution in [0.4, 0.5) is 0 Å². The van der Waals surface area contributed by atoms with Crippen molar-refractivity contribution >= 4 is 6.72 Å². The van der Waals surface area contributed by atoms with Crippen LogP contribution >= 0.6 is 0 Å². The smallest absolute Gasteiger partial charge is 0.165 e. The lowest BCUT2D eigenvalue weighted by atomic mass is 10.1. The number of nitrogens with zero attached hydrogens (tertiary/aromatic N) is 1. The van der Waals surface area contributed by atoms with Crippen molar-refractivity contribution in [3.63, 3.8) is 0 Å². The van der Waals surface area contributed by atoms with Gasteiger partial charge in [-0.15, -0.1) is 0 Å². The summed E-state index contributed by atoms with van der Waals surface area (Å²) >= 11 is 0. The molecule has 2 heteroatoms. The number of rotatable bonds is 6. The molecule has 1 aliphatic rings. The van der Waals surface area contributed by atoms with Gasteiger partial charge in [0.25, 0.3) is 0 Å². The van der Waals surface area contributed by atoms with Crippen LogP contribution in [-0.4, -0.2) is 38.1 Å². The minimum absolute atomic E-state index is 0.465. The standard InChI is InChI=1S/C13H20NO/c1-6-7-8-10(2)12-11(9-15-5)13(12)14(3)4/h6-8,11-13H,1-3,9H2,4-5H3/q+1/b8-7-. The second-order valence-electron chi connectivity index (χ2n) is 4.06. The quantitative estimate of drug-likeness (QED) is 0.367. The third kappa shape index (κ3) is 2.66. The van der Waals surface area contributed by atoms with Gasteiger partial charge < -0.3 is 4.74 Å². The third-order valence-electron chi connectivity index (χ3n) is 2.87. The van der Waals surface area contributed by atoms with E-state index in [1.54, 1.807) is 13.2 Å². The fourth-order valence-corrected chi connectivity index (χ4v) is 2.15. The maximum Gasteiger partial charge on any atom is 0.165 e. The van der Waals surface area contributed by atoms with E-state index in [0.29, 0.717) is 17.9 Å². The van der Waals surface area contributed by atoms with E-state index in [9.17, 15) is 0 Å². The van der Waals surface area contributed by atoms with Gasteiger partial charge in [0.1, 0.15) is 13.8 Å². The van der Waals surface area contributed by atoms with E-state index in [4.69, 9.17) is 4.74 Å². The van der Waals surface area contributed by atoms with Crippen molar-refractivity contribution in [2.24, 2.45) is 11.8 Å². The Bertz CT molecular complexity index is 304. The summed E-state index contributed by atoms with van der Waals surface area (Å²) in [6.45, 7) is 12.4. The van der Waals surface area contributed by atoms with Gasteiger partial charge in [0.15, 0.2) is 6.04 Å². The molecule has 0 radical (unpaired) electrons. The Labute approximate surface area is 92.3 Å². The minimum Gasteiger partial charge on any atom is -0.384 e. The molecule has 0 aromatic carbocycles. The fraction of sp³-hybridized carbons (Fsp3) is 0.462. The molecule has 82 valence electrons. The average Bonchev–Trinajstić information content (AvgIpc) is 2.89. The minimum atomic E-state index is 0.465. The summed E-state index contributed by atoms with van der Waals surface area (Å²) in [5, 5.41) is 0. The summed E-state index contributed by atoms with van der Waals surface area (Å²) in [7, 11) is 3.73.